The monoisotopic (exact) mass is 317 g/mol. The maximum atomic E-state index is 12.2. The highest BCUT2D eigenvalue weighted by molar-refractivity contribution is 7.99. The number of amides is 1. The van der Waals surface area contributed by atoms with Crippen LogP contribution in [0.1, 0.15) is 10.5 Å². The predicted molar refractivity (Wildman–Crippen MR) is 78.1 cm³/mol. The minimum absolute atomic E-state index is 0.0233. The standard InChI is InChI=1S/C11H11N9OS/c1-20-3-2-6(19-20)16-10(21)8-9(12)13-4-7(17-8)22-11-14-5-15-18-11/h2-5H,1H3,(H2,12,13)(H,14,15,18)(H,16,19,21). The van der Waals surface area contributed by atoms with E-state index < -0.39 is 5.91 Å². The van der Waals surface area contributed by atoms with Crippen molar-refractivity contribution < 1.29 is 4.79 Å². The van der Waals surface area contributed by atoms with Crippen LogP contribution in [-0.2, 0) is 7.05 Å². The van der Waals surface area contributed by atoms with E-state index in [4.69, 9.17) is 5.73 Å². The van der Waals surface area contributed by atoms with Crippen LogP contribution in [0.4, 0.5) is 11.6 Å². The molecule has 0 fully saturated rings. The van der Waals surface area contributed by atoms with Crippen LogP contribution in [0.5, 0.6) is 0 Å². The van der Waals surface area contributed by atoms with Crippen molar-refractivity contribution in [1.29, 1.82) is 0 Å². The summed E-state index contributed by atoms with van der Waals surface area (Å²) in [6.07, 6.45) is 4.54. The molecule has 0 radical (unpaired) electrons. The molecule has 10 nitrogen and oxygen atoms in total. The normalized spacial score (nSPS) is 10.6. The number of nitrogen functional groups attached to an aromatic ring is 1. The first-order valence-electron chi connectivity index (χ1n) is 6.08. The number of hydrogen-bond donors (Lipinski definition) is 3. The summed E-state index contributed by atoms with van der Waals surface area (Å²) in [5.74, 6) is -0.0407. The Labute approximate surface area is 128 Å². The maximum Gasteiger partial charge on any atom is 0.279 e. The van der Waals surface area contributed by atoms with Gasteiger partial charge in [-0.1, -0.05) is 0 Å². The van der Waals surface area contributed by atoms with Crippen LogP contribution in [0.3, 0.4) is 0 Å². The van der Waals surface area contributed by atoms with Crippen LogP contribution >= 0.6 is 11.8 Å². The van der Waals surface area contributed by atoms with Gasteiger partial charge in [-0.05, 0) is 11.8 Å². The Morgan fingerprint density at radius 2 is 2.32 bits per heavy atom. The van der Waals surface area contributed by atoms with Crippen molar-refractivity contribution in [2.75, 3.05) is 11.1 Å². The summed E-state index contributed by atoms with van der Waals surface area (Å²) in [4.78, 5) is 24.3. The summed E-state index contributed by atoms with van der Waals surface area (Å²) in [6, 6.07) is 1.66. The highest BCUT2D eigenvalue weighted by Gasteiger charge is 2.16. The topological polar surface area (TPSA) is 140 Å². The van der Waals surface area contributed by atoms with Crippen LogP contribution in [0.25, 0.3) is 0 Å². The molecule has 0 unspecified atom stereocenters. The van der Waals surface area contributed by atoms with E-state index in [9.17, 15) is 4.79 Å². The number of aromatic nitrogens is 7. The van der Waals surface area contributed by atoms with Crippen LogP contribution < -0.4 is 11.1 Å². The van der Waals surface area contributed by atoms with Gasteiger partial charge in [0.1, 0.15) is 11.4 Å². The molecule has 0 aliphatic carbocycles. The number of H-pyrrole nitrogens is 1. The summed E-state index contributed by atoms with van der Waals surface area (Å²) < 4.78 is 1.57. The maximum absolute atomic E-state index is 12.2. The fourth-order valence-electron chi connectivity index (χ4n) is 1.60. The van der Waals surface area contributed by atoms with Gasteiger partial charge in [-0.25, -0.2) is 15.0 Å². The average molecular weight is 317 g/mol. The minimum Gasteiger partial charge on any atom is -0.382 e. The van der Waals surface area contributed by atoms with Crippen LogP contribution in [-0.4, -0.2) is 40.8 Å². The fraction of sp³-hybridized carbons (Fsp3) is 0.0909. The number of aryl methyl sites for hydroxylation is 1. The molecule has 0 saturated carbocycles. The van der Waals surface area contributed by atoms with Crippen LogP contribution in [0.2, 0.25) is 0 Å². The number of nitrogens with two attached hydrogens (primary N) is 1. The summed E-state index contributed by atoms with van der Waals surface area (Å²) in [6.45, 7) is 0. The van der Waals surface area contributed by atoms with Gasteiger partial charge in [0.25, 0.3) is 5.91 Å². The van der Waals surface area contributed by atoms with E-state index in [0.29, 0.717) is 16.0 Å². The molecule has 22 heavy (non-hydrogen) atoms. The number of rotatable bonds is 4. The quantitative estimate of drug-likeness (QED) is 0.624. The Morgan fingerprint density at radius 1 is 1.45 bits per heavy atom. The predicted octanol–water partition coefficient (Wildman–Crippen LogP) is 0.314. The van der Waals surface area contributed by atoms with Crippen molar-refractivity contribution in [3.8, 4) is 0 Å². The lowest BCUT2D eigenvalue weighted by molar-refractivity contribution is 0.102. The van der Waals surface area contributed by atoms with E-state index in [1.807, 2.05) is 0 Å². The molecule has 0 saturated heterocycles. The number of anilines is 2. The zero-order valence-corrected chi connectivity index (χ0v) is 12.2. The number of nitrogens with zero attached hydrogens (tertiary/aromatic N) is 6. The van der Waals surface area contributed by atoms with E-state index in [2.05, 4.69) is 35.6 Å². The van der Waals surface area contributed by atoms with Crippen LogP contribution in [0, 0.1) is 0 Å². The number of carbonyl (C=O) groups is 1. The fourth-order valence-corrected chi connectivity index (χ4v) is 2.24. The van der Waals surface area contributed by atoms with Gasteiger partial charge >= 0.3 is 0 Å². The molecule has 1 amide bonds. The van der Waals surface area contributed by atoms with Gasteiger partial charge in [0.2, 0.25) is 0 Å². The Hall–Kier alpha value is -2.95. The van der Waals surface area contributed by atoms with Gasteiger partial charge in [-0.2, -0.15) is 10.2 Å². The number of aromatic amines is 1. The minimum atomic E-state index is -0.483. The van der Waals surface area contributed by atoms with Crippen molar-refractivity contribution in [1.82, 2.24) is 34.9 Å². The molecule has 0 atom stereocenters. The van der Waals surface area contributed by atoms with E-state index in [1.54, 1.807) is 24.0 Å². The van der Waals surface area contributed by atoms with Gasteiger partial charge in [-0.15, -0.1) is 0 Å². The molecule has 4 N–H and O–H groups in total. The Kier molecular flexibility index (Phi) is 3.70. The van der Waals surface area contributed by atoms with E-state index in [0.717, 1.165) is 0 Å². The first-order chi connectivity index (χ1) is 10.6. The lowest BCUT2D eigenvalue weighted by Gasteiger charge is -2.05. The third kappa shape index (κ3) is 3.03. The second-order valence-corrected chi connectivity index (χ2v) is 5.17. The first-order valence-corrected chi connectivity index (χ1v) is 6.90. The van der Waals surface area contributed by atoms with Crippen molar-refractivity contribution in [3.63, 3.8) is 0 Å². The lowest BCUT2D eigenvalue weighted by Crippen LogP contribution is -2.17. The van der Waals surface area contributed by atoms with Crippen molar-refractivity contribution in [2.45, 2.75) is 10.2 Å². The largest absolute Gasteiger partial charge is 0.382 e. The molecular formula is C11H11N9OS. The highest BCUT2D eigenvalue weighted by Crippen LogP contribution is 2.22. The molecule has 11 heteroatoms. The van der Waals surface area contributed by atoms with Crippen molar-refractivity contribution in [3.05, 3.63) is 30.5 Å². The molecule has 0 spiro atoms. The van der Waals surface area contributed by atoms with Gasteiger partial charge < -0.3 is 11.1 Å². The summed E-state index contributed by atoms with van der Waals surface area (Å²) in [7, 11) is 1.75. The second-order valence-electron chi connectivity index (χ2n) is 4.16. The number of nitrogens with one attached hydrogen (secondary N) is 2. The zero-order valence-electron chi connectivity index (χ0n) is 11.4. The third-order valence-electron chi connectivity index (χ3n) is 2.54. The molecule has 3 aromatic heterocycles. The number of carbonyl (C=O) groups excluding carboxylic acids is 1. The number of hydrogen-bond acceptors (Lipinski definition) is 8. The SMILES string of the molecule is Cn1ccc(NC(=O)c2nc(Sc3ncn[nH]3)cnc2N)n1. The molecule has 3 rings (SSSR count). The molecule has 0 bridgehead atoms. The van der Waals surface area contributed by atoms with Gasteiger partial charge in [0, 0.05) is 19.3 Å². The molecule has 0 aliphatic rings. The van der Waals surface area contributed by atoms with Gasteiger partial charge in [0.05, 0.1) is 6.20 Å². The smallest absolute Gasteiger partial charge is 0.279 e. The summed E-state index contributed by atoms with van der Waals surface area (Å²) >= 11 is 1.19. The summed E-state index contributed by atoms with van der Waals surface area (Å²) in [5.41, 5.74) is 5.74. The Bertz CT molecular complexity index is 798. The second kappa shape index (κ2) is 5.81. The van der Waals surface area contributed by atoms with E-state index >= 15 is 0 Å². The molecule has 112 valence electrons. The highest BCUT2D eigenvalue weighted by atomic mass is 32.2. The zero-order chi connectivity index (χ0) is 15.5. The molecule has 0 aliphatic heterocycles. The average Bonchev–Trinajstić information content (AvgIpc) is 3.13. The van der Waals surface area contributed by atoms with Crippen molar-refractivity contribution in [2.24, 2.45) is 7.05 Å². The van der Waals surface area contributed by atoms with Crippen molar-refractivity contribution >= 4 is 29.3 Å². The summed E-state index contributed by atoms with van der Waals surface area (Å²) in [5, 5.41) is 14.1. The molecule has 3 aromatic rings. The Balaban J connectivity index is 1.81. The van der Waals surface area contributed by atoms with E-state index in [1.165, 1.54) is 24.3 Å². The molecular weight excluding hydrogens is 306 g/mol. The first kappa shape index (κ1) is 14.0. The molecule has 0 aromatic carbocycles. The van der Waals surface area contributed by atoms with Gasteiger partial charge in [0.15, 0.2) is 22.5 Å². The Morgan fingerprint density at radius 3 is 3.00 bits per heavy atom. The third-order valence-corrected chi connectivity index (χ3v) is 3.34. The lowest BCUT2D eigenvalue weighted by atomic mass is 10.4. The van der Waals surface area contributed by atoms with Gasteiger partial charge in [-0.3, -0.25) is 14.6 Å². The molecule has 3 heterocycles. The van der Waals surface area contributed by atoms with Crippen LogP contribution in [0.15, 0.2) is 35.0 Å². The van der Waals surface area contributed by atoms with E-state index in [-0.39, 0.29) is 11.5 Å².